The van der Waals surface area contributed by atoms with Crippen LogP contribution in [0.2, 0.25) is 10.0 Å². The van der Waals surface area contributed by atoms with Gasteiger partial charge < -0.3 is 9.47 Å². The van der Waals surface area contributed by atoms with E-state index in [-0.39, 0.29) is 12.5 Å². The van der Waals surface area contributed by atoms with Crippen LogP contribution in [-0.2, 0) is 6.61 Å². The van der Waals surface area contributed by atoms with Crippen LogP contribution in [0.4, 0.5) is 0 Å². The topological polar surface area (TPSA) is 59.9 Å². The molecule has 0 saturated carbocycles. The van der Waals surface area contributed by atoms with Crippen LogP contribution in [0.3, 0.4) is 0 Å². The third kappa shape index (κ3) is 5.68. The summed E-state index contributed by atoms with van der Waals surface area (Å²) in [7, 11) is 0. The zero-order valence-corrected chi connectivity index (χ0v) is 19.9. The Bertz CT molecular complexity index is 1330. The molecular weight excluding hydrogens is 471 g/mol. The fourth-order valence-corrected chi connectivity index (χ4v) is 3.88. The van der Waals surface area contributed by atoms with Crippen LogP contribution in [0.5, 0.6) is 11.5 Å². The van der Waals surface area contributed by atoms with Gasteiger partial charge in [0.15, 0.2) is 11.5 Å². The molecule has 0 aromatic heterocycles. The number of benzene rings is 4. The lowest BCUT2D eigenvalue weighted by Gasteiger charge is -2.14. The number of carbonyl (C=O) groups is 1. The summed E-state index contributed by atoms with van der Waals surface area (Å²) in [6, 6.07) is 24.1. The molecule has 0 heterocycles. The minimum absolute atomic E-state index is 0.202. The van der Waals surface area contributed by atoms with Crippen molar-refractivity contribution < 1.29 is 14.3 Å². The number of rotatable bonds is 8. The molecule has 0 spiro atoms. The number of hydrogen-bond acceptors (Lipinski definition) is 4. The Morgan fingerprint density at radius 1 is 0.882 bits per heavy atom. The largest absolute Gasteiger partial charge is 0.490 e. The average Bonchev–Trinajstić information content (AvgIpc) is 2.84. The predicted molar refractivity (Wildman–Crippen MR) is 137 cm³/mol. The summed E-state index contributed by atoms with van der Waals surface area (Å²) in [5.74, 6) is 0.814. The minimum atomic E-state index is -0.288. The number of nitrogens with one attached hydrogen (secondary N) is 1. The average molecular weight is 493 g/mol. The van der Waals surface area contributed by atoms with Gasteiger partial charge in [-0.05, 0) is 65.7 Å². The van der Waals surface area contributed by atoms with Crippen LogP contribution in [0.25, 0.3) is 10.8 Å². The van der Waals surface area contributed by atoms with E-state index in [4.69, 9.17) is 32.7 Å². The maximum absolute atomic E-state index is 12.5. The van der Waals surface area contributed by atoms with E-state index in [9.17, 15) is 4.79 Å². The molecule has 4 aromatic rings. The first kappa shape index (κ1) is 23.6. The molecule has 0 bridgehead atoms. The predicted octanol–water partition coefficient (Wildman–Crippen LogP) is 6.89. The molecule has 172 valence electrons. The standard InChI is InChI=1S/C27H22Cl2N2O3/c1-2-33-26-14-18(10-13-25(26)34-17-22-23(28)8-5-9-24(22)29)16-30-31-27(32)21-12-11-19-6-3-4-7-20(19)15-21/h3-16H,2,17H2,1H3,(H,31,32)/b30-16-. The van der Waals surface area contributed by atoms with E-state index in [1.165, 1.54) is 0 Å². The number of halogens is 2. The molecule has 0 aliphatic heterocycles. The first-order valence-electron chi connectivity index (χ1n) is 10.7. The van der Waals surface area contributed by atoms with Crippen molar-refractivity contribution in [1.29, 1.82) is 0 Å². The van der Waals surface area contributed by atoms with Crippen LogP contribution in [-0.4, -0.2) is 18.7 Å². The molecule has 0 saturated heterocycles. The van der Waals surface area contributed by atoms with Crippen molar-refractivity contribution in [2.75, 3.05) is 6.61 Å². The number of ether oxygens (including phenoxy) is 2. The summed E-state index contributed by atoms with van der Waals surface area (Å²) in [4.78, 5) is 12.5. The van der Waals surface area contributed by atoms with Gasteiger partial charge in [-0.15, -0.1) is 0 Å². The molecule has 0 aliphatic rings. The van der Waals surface area contributed by atoms with Crippen molar-refractivity contribution >= 4 is 46.1 Å². The molecule has 1 amide bonds. The Morgan fingerprint density at radius 2 is 1.65 bits per heavy atom. The van der Waals surface area contributed by atoms with E-state index in [1.807, 2.05) is 49.4 Å². The van der Waals surface area contributed by atoms with Gasteiger partial charge in [-0.2, -0.15) is 5.10 Å². The highest BCUT2D eigenvalue weighted by molar-refractivity contribution is 6.35. The second-order valence-corrected chi connectivity index (χ2v) is 8.20. The SMILES string of the molecule is CCOc1cc(/C=N\NC(=O)c2ccc3ccccc3c2)ccc1OCc1c(Cl)cccc1Cl. The quantitative estimate of drug-likeness (QED) is 0.215. The monoisotopic (exact) mass is 492 g/mol. The second kappa shape index (κ2) is 11.1. The number of nitrogens with zero attached hydrogens (tertiary/aromatic N) is 1. The summed E-state index contributed by atoms with van der Waals surface area (Å²) in [6.07, 6.45) is 1.55. The number of hydrogen-bond donors (Lipinski definition) is 1. The van der Waals surface area contributed by atoms with Crippen LogP contribution in [0.15, 0.2) is 84.0 Å². The van der Waals surface area contributed by atoms with E-state index >= 15 is 0 Å². The summed E-state index contributed by atoms with van der Waals surface area (Å²) in [6.45, 7) is 2.55. The molecule has 4 aromatic carbocycles. The van der Waals surface area contributed by atoms with Gasteiger partial charge in [-0.3, -0.25) is 4.79 Å². The molecule has 0 radical (unpaired) electrons. The van der Waals surface area contributed by atoms with Gasteiger partial charge in [0.25, 0.3) is 5.91 Å². The Morgan fingerprint density at radius 3 is 2.41 bits per heavy atom. The van der Waals surface area contributed by atoms with E-state index in [2.05, 4.69) is 10.5 Å². The van der Waals surface area contributed by atoms with Crippen molar-refractivity contribution in [2.24, 2.45) is 5.10 Å². The lowest BCUT2D eigenvalue weighted by atomic mass is 10.1. The van der Waals surface area contributed by atoms with Gasteiger partial charge in [0, 0.05) is 21.2 Å². The summed E-state index contributed by atoms with van der Waals surface area (Å²) < 4.78 is 11.6. The van der Waals surface area contributed by atoms with E-state index in [0.29, 0.717) is 39.3 Å². The normalized spacial score (nSPS) is 11.0. The molecule has 5 nitrogen and oxygen atoms in total. The van der Waals surface area contributed by atoms with Crippen LogP contribution < -0.4 is 14.9 Å². The Hall–Kier alpha value is -3.54. The van der Waals surface area contributed by atoms with E-state index in [1.54, 1.807) is 42.6 Å². The second-order valence-electron chi connectivity index (χ2n) is 7.39. The minimum Gasteiger partial charge on any atom is -0.490 e. The van der Waals surface area contributed by atoms with E-state index in [0.717, 1.165) is 16.3 Å². The Labute approximate surface area is 207 Å². The lowest BCUT2D eigenvalue weighted by Crippen LogP contribution is -2.17. The number of fused-ring (bicyclic) bond motifs is 1. The Balaban J connectivity index is 1.44. The molecule has 0 atom stereocenters. The fraction of sp³-hybridized carbons (Fsp3) is 0.111. The third-order valence-corrected chi connectivity index (χ3v) is 5.80. The molecule has 0 fully saturated rings. The molecular formula is C27H22Cl2N2O3. The number of amides is 1. The maximum Gasteiger partial charge on any atom is 0.271 e. The summed E-state index contributed by atoms with van der Waals surface area (Å²) in [5.41, 5.74) is 4.55. The van der Waals surface area contributed by atoms with Gasteiger partial charge in [0.1, 0.15) is 6.61 Å². The molecule has 7 heteroatoms. The highest BCUT2D eigenvalue weighted by atomic mass is 35.5. The molecule has 0 aliphatic carbocycles. The first-order valence-corrected chi connectivity index (χ1v) is 11.5. The molecule has 34 heavy (non-hydrogen) atoms. The zero-order chi connectivity index (χ0) is 23.9. The number of carbonyl (C=O) groups excluding carboxylic acids is 1. The van der Waals surface area contributed by atoms with Crippen molar-refractivity contribution in [1.82, 2.24) is 5.43 Å². The van der Waals surface area contributed by atoms with E-state index < -0.39 is 0 Å². The maximum atomic E-state index is 12.5. The van der Waals surface area contributed by atoms with Crippen molar-refractivity contribution in [2.45, 2.75) is 13.5 Å². The smallest absolute Gasteiger partial charge is 0.271 e. The molecule has 4 rings (SSSR count). The highest BCUT2D eigenvalue weighted by Crippen LogP contribution is 2.31. The van der Waals surface area contributed by atoms with Gasteiger partial charge in [0.05, 0.1) is 12.8 Å². The van der Waals surface area contributed by atoms with Crippen molar-refractivity contribution in [3.8, 4) is 11.5 Å². The third-order valence-electron chi connectivity index (χ3n) is 5.09. The molecule has 1 N–H and O–H groups in total. The van der Waals surface area contributed by atoms with Gasteiger partial charge in [0.2, 0.25) is 0 Å². The summed E-state index contributed by atoms with van der Waals surface area (Å²) in [5, 5.41) is 7.24. The zero-order valence-electron chi connectivity index (χ0n) is 18.4. The van der Waals surface area contributed by atoms with Gasteiger partial charge in [-0.25, -0.2) is 5.43 Å². The first-order chi connectivity index (χ1) is 16.5. The highest BCUT2D eigenvalue weighted by Gasteiger charge is 2.11. The van der Waals surface area contributed by atoms with Crippen molar-refractivity contribution in [3.63, 3.8) is 0 Å². The lowest BCUT2D eigenvalue weighted by molar-refractivity contribution is 0.0955. The Kier molecular flexibility index (Phi) is 7.68. The van der Waals surface area contributed by atoms with Crippen molar-refractivity contribution in [3.05, 3.63) is 106 Å². The van der Waals surface area contributed by atoms with Gasteiger partial charge in [-0.1, -0.05) is 59.6 Å². The molecule has 0 unspecified atom stereocenters. The number of hydrazone groups is 1. The fourth-order valence-electron chi connectivity index (χ4n) is 3.37. The van der Waals surface area contributed by atoms with Crippen LogP contribution in [0, 0.1) is 0 Å². The van der Waals surface area contributed by atoms with Gasteiger partial charge >= 0.3 is 0 Å². The van der Waals surface area contributed by atoms with Crippen LogP contribution >= 0.6 is 23.2 Å². The summed E-state index contributed by atoms with van der Waals surface area (Å²) >= 11 is 12.5. The van der Waals surface area contributed by atoms with Crippen LogP contribution in [0.1, 0.15) is 28.4 Å².